The van der Waals surface area contributed by atoms with E-state index in [1.807, 2.05) is 0 Å². The number of carbonyl (C=O) groups is 1. The van der Waals surface area contributed by atoms with Gasteiger partial charge in [0.15, 0.2) is 25.2 Å². The van der Waals surface area contributed by atoms with Crippen LogP contribution in [0.3, 0.4) is 0 Å². The molecule has 0 amide bonds. The van der Waals surface area contributed by atoms with Crippen LogP contribution in [0.15, 0.2) is 0 Å². The Bertz CT molecular complexity index is 896. The average molecular weight is 614 g/mol. The number of aliphatic hydroxyl groups is 7. The summed E-state index contributed by atoms with van der Waals surface area (Å²) in [6.45, 7) is -0.859. The highest BCUT2D eigenvalue weighted by atomic mass is 16.8. The molecule has 42 heavy (non-hydrogen) atoms. The van der Waals surface area contributed by atoms with E-state index in [-0.39, 0.29) is 19.3 Å². The highest BCUT2D eigenvalue weighted by molar-refractivity contribution is 5.57. The number of hydrogen-bond acceptors (Lipinski definition) is 19. The quantitative estimate of drug-likeness (QED) is 0.107. The minimum atomic E-state index is -1.66. The molecule has 1 saturated carbocycles. The van der Waals surface area contributed by atoms with Gasteiger partial charge in [-0.1, -0.05) is 0 Å². The van der Waals surface area contributed by atoms with Crippen molar-refractivity contribution >= 4 is 6.29 Å². The van der Waals surface area contributed by atoms with Crippen molar-refractivity contribution in [3.8, 4) is 0 Å². The summed E-state index contributed by atoms with van der Waals surface area (Å²) in [4.78, 5) is 11.3. The number of nitrogens with two attached hydrogens (primary N) is 5. The third kappa shape index (κ3) is 6.49. The van der Waals surface area contributed by atoms with Gasteiger partial charge in [0.25, 0.3) is 0 Å². The van der Waals surface area contributed by atoms with Crippen LogP contribution >= 0.6 is 0 Å². The summed E-state index contributed by atoms with van der Waals surface area (Å²) in [7, 11) is 0. The van der Waals surface area contributed by atoms with Crippen molar-refractivity contribution in [3.63, 3.8) is 0 Å². The molecule has 244 valence electrons. The van der Waals surface area contributed by atoms with Gasteiger partial charge >= 0.3 is 0 Å². The van der Waals surface area contributed by atoms with Crippen molar-refractivity contribution in [1.82, 2.24) is 0 Å². The normalized spacial score (nSPS) is 53.7. The molecule has 19 atom stereocenters. The van der Waals surface area contributed by atoms with Crippen molar-refractivity contribution in [1.29, 1.82) is 0 Å². The second-order valence-corrected chi connectivity index (χ2v) is 11.1. The Balaban J connectivity index is 1.50. The van der Waals surface area contributed by atoms with Crippen LogP contribution in [0.1, 0.15) is 6.42 Å². The maximum atomic E-state index is 11.3. The van der Waals surface area contributed by atoms with E-state index in [1.165, 1.54) is 0 Å². The zero-order valence-electron chi connectivity index (χ0n) is 22.5. The van der Waals surface area contributed by atoms with Gasteiger partial charge in [-0.15, -0.1) is 0 Å². The molecule has 19 nitrogen and oxygen atoms in total. The highest BCUT2D eigenvalue weighted by Gasteiger charge is 2.54. The van der Waals surface area contributed by atoms with Gasteiger partial charge in [0.2, 0.25) is 0 Å². The molecule has 0 aromatic carbocycles. The van der Waals surface area contributed by atoms with Gasteiger partial charge in [-0.25, -0.2) is 0 Å². The molecule has 0 bridgehead atoms. The summed E-state index contributed by atoms with van der Waals surface area (Å²) in [5.74, 6) is 0. The predicted octanol–water partition coefficient (Wildman–Crippen LogP) is -8.66. The van der Waals surface area contributed by atoms with Crippen molar-refractivity contribution in [2.45, 2.75) is 123 Å². The predicted molar refractivity (Wildman–Crippen MR) is 135 cm³/mol. The number of hydrogen-bond donors (Lipinski definition) is 12. The van der Waals surface area contributed by atoms with Gasteiger partial charge in [0.05, 0.1) is 24.8 Å². The number of aldehydes is 1. The Morgan fingerprint density at radius 3 is 1.79 bits per heavy atom. The van der Waals surface area contributed by atoms with Crippen LogP contribution in [0, 0.1) is 0 Å². The first-order valence-electron chi connectivity index (χ1n) is 13.6. The molecule has 17 N–H and O–H groups in total. The smallest absolute Gasteiger partial charge is 0.187 e. The van der Waals surface area contributed by atoms with Crippen LogP contribution in [0.25, 0.3) is 0 Å². The van der Waals surface area contributed by atoms with Crippen molar-refractivity contribution in [3.05, 3.63) is 0 Å². The fourth-order valence-corrected chi connectivity index (χ4v) is 5.62. The molecule has 0 radical (unpaired) electrons. The van der Waals surface area contributed by atoms with Crippen molar-refractivity contribution in [2.24, 2.45) is 28.7 Å². The SMILES string of the molecule is NC[C@H]1O[C@H](O[C@H]2[C@H](O[C@@H]3O[C@H](CO)[C@@H](O[C@H]4O[C@@H](C=O)[C@@H](O)[C@H](O)[C@H]4N)[C@H]3O)[C@@H](O)[C@H](N)C[C@@H]2N)[C@H](N)[C@@H](O)[C@@H]1O. The Morgan fingerprint density at radius 2 is 1.19 bits per heavy atom. The molecule has 19 heteroatoms. The minimum Gasteiger partial charge on any atom is -0.394 e. The van der Waals surface area contributed by atoms with E-state index in [1.54, 1.807) is 0 Å². The maximum absolute atomic E-state index is 11.3. The zero-order valence-corrected chi connectivity index (χ0v) is 22.5. The molecule has 3 aliphatic heterocycles. The van der Waals surface area contributed by atoms with Crippen molar-refractivity contribution < 1.29 is 69.0 Å². The number of carbonyl (C=O) groups excluding carboxylic acids is 1. The Morgan fingerprint density at radius 1 is 0.643 bits per heavy atom. The van der Waals surface area contributed by atoms with Gasteiger partial charge < -0.3 is 97.6 Å². The third-order valence-electron chi connectivity index (χ3n) is 8.21. The molecule has 0 aromatic heterocycles. The molecule has 4 aliphatic rings. The Hall–Kier alpha value is -1.05. The molecule has 0 spiro atoms. The van der Waals surface area contributed by atoms with E-state index < -0.39 is 123 Å². The fourth-order valence-electron chi connectivity index (χ4n) is 5.62. The lowest BCUT2D eigenvalue weighted by molar-refractivity contribution is -0.306. The summed E-state index contributed by atoms with van der Waals surface area (Å²) in [5, 5.41) is 72.6. The molecule has 1 aliphatic carbocycles. The largest absolute Gasteiger partial charge is 0.394 e. The Kier molecular flexibility index (Phi) is 11.2. The first-order valence-corrected chi connectivity index (χ1v) is 13.6. The van der Waals surface area contributed by atoms with E-state index in [4.69, 9.17) is 57.1 Å². The van der Waals surface area contributed by atoms with E-state index in [9.17, 15) is 40.5 Å². The Labute approximate surface area is 240 Å². The standard InChI is InChI=1S/C23H43N5O14/c24-2-7-13(32)15(34)10(27)21(37-7)40-18-6(26)1-5(25)12(31)20(18)42-23-17(36)19(9(4-30)39-23)41-22-11(28)16(35)14(33)8(3-29)38-22/h3,5-23,30-36H,1-2,4,24-28H2/t5-,6+,7-,8+,9-,10-,11-,12+,13-,14-,15-,16-,17-,18-,19-,20-,21-,22-,23+/m1/s1. The molecule has 4 fully saturated rings. The lowest BCUT2D eigenvalue weighted by atomic mass is 9.84. The molecule has 0 unspecified atom stereocenters. The van der Waals surface area contributed by atoms with Crippen LogP contribution in [-0.2, 0) is 33.2 Å². The number of aliphatic hydroxyl groups excluding tert-OH is 7. The van der Waals surface area contributed by atoms with E-state index in [0.29, 0.717) is 0 Å². The van der Waals surface area contributed by atoms with Crippen LogP contribution in [0.5, 0.6) is 0 Å². The third-order valence-corrected chi connectivity index (χ3v) is 8.21. The van der Waals surface area contributed by atoms with E-state index in [2.05, 4.69) is 0 Å². The molecule has 3 saturated heterocycles. The van der Waals surface area contributed by atoms with E-state index in [0.717, 1.165) is 0 Å². The molecular formula is C23H43N5O14. The second-order valence-electron chi connectivity index (χ2n) is 11.1. The van der Waals surface area contributed by atoms with Crippen molar-refractivity contribution in [2.75, 3.05) is 13.2 Å². The lowest BCUT2D eigenvalue weighted by Crippen LogP contribution is -2.68. The summed E-state index contributed by atoms with van der Waals surface area (Å²) >= 11 is 0. The zero-order chi connectivity index (χ0) is 31.0. The van der Waals surface area contributed by atoms with Gasteiger partial charge in [0.1, 0.15) is 67.1 Å². The summed E-state index contributed by atoms with van der Waals surface area (Å²) in [5.41, 5.74) is 29.9. The minimum absolute atomic E-state index is 0.0706. The van der Waals surface area contributed by atoms with Crippen LogP contribution in [-0.4, -0.2) is 171 Å². The average Bonchev–Trinajstić information content (AvgIpc) is 3.27. The van der Waals surface area contributed by atoms with Crippen LogP contribution in [0.4, 0.5) is 0 Å². The number of rotatable bonds is 9. The lowest BCUT2D eigenvalue weighted by Gasteiger charge is -2.47. The van der Waals surface area contributed by atoms with E-state index >= 15 is 0 Å². The second kappa shape index (κ2) is 13.9. The first-order chi connectivity index (χ1) is 19.8. The molecular weight excluding hydrogens is 570 g/mol. The van der Waals surface area contributed by atoms with Crippen LogP contribution in [0.2, 0.25) is 0 Å². The molecule has 0 aromatic rings. The van der Waals surface area contributed by atoms with Gasteiger partial charge in [-0.3, -0.25) is 0 Å². The topological polar surface area (TPSA) is 344 Å². The summed E-state index contributed by atoms with van der Waals surface area (Å²) in [6.07, 6.45) is -20.9. The maximum Gasteiger partial charge on any atom is 0.187 e. The summed E-state index contributed by atoms with van der Waals surface area (Å²) < 4.78 is 34.2. The monoisotopic (exact) mass is 613 g/mol. The fraction of sp³-hybridized carbons (Fsp3) is 0.957. The van der Waals surface area contributed by atoms with Gasteiger partial charge in [-0.2, -0.15) is 0 Å². The molecule has 3 heterocycles. The van der Waals surface area contributed by atoms with Gasteiger partial charge in [-0.05, 0) is 6.42 Å². The summed E-state index contributed by atoms with van der Waals surface area (Å²) in [6, 6.07) is -4.35. The number of ether oxygens (including phenoxy) is 6. The highest BCUT2D eigenvalue weighted by Crippen LogP contribution is 2.34. The first kappa shape index (κ1) is 33.8. The van der Waals surface area contributed by atoms with Gasteiger partial charge in [0, 0.05) is 18.6 Å². The molecule has 4 rings (SSSR count). The van der Waals surface area contributed by atoms with Crippen LogP contribution < -0.4 is 28.7 Å².